The molecule has 29 heavy (non-hydrogen) atoms. The zero-order valence-corrected chi connectivity index (χ0v) is 17.3. The van der Waals surface area contributed by atoms with E-state index in [2.05, 4.69) is 33.1 Å². The molecule has 0 spiro atoms. The van der Waals surface area contributed by atoms with Gasteiger partial charge in [0, 0.05) is 43.0 Å². The van der Waals surface area contributed by atoms with Crippen molar-refractivity contribution in [1.29, 1.82) is 0 Å². The first-order valence-corrected chi connectivity index (χ1v) is 10.1. The fourth-order valence-electron chi connectivity index (χ4n) is 3.63. The summed E-state index contributed by atoms with van der Waals surface area (Å²) in [4.78, 5) is 21.6. The number of hydrogen-bond acceptors (Lipinski definition) is 6. The van der Waals surface area contributed by atoms with Gasteiger partial charge in [0.25, 0.3) is 11.7 Å². The highest BCUT2D eigenvalue weighted by atomic mass is 35.5. The number of carbonyl (C=O) groups is 1. The zero-order valence-electron chi connectivity index (χ0n) is 16.5. The molecule has 3 aromatic rings. The van der Waals surface area contributed by atoms with Crippen molar-refractivity contribution >= 4 is 29.1 Å². The van der Waals surface area contributed by atoms with Crippen LogP contribution in [0.5, 0.6) is 5.75 Å². The highest BCUT2D eigenvalue weighted by Gasteiger charge is 2.25. The van der Waals surface area contributed by atoms with Gasteiger partial charge in [-0.2, -0.15) is 4.98 Å². The number of halogens is 1. The molecule has 1 aromatic carbocycles. The van der Waals surface area contributed by atoms with Gasteiger partial charge < -0.3 is 14.5 Å². The van der Waals surface area contributed by atoms with Gasteiger partial charge in [0.2, 0.25) is 0 Å². The first-order chi connectivity index (χ1) is 14.1. The molecular formula is C20H23ClN6O2. The summed E-state index contributed by atoms with van der Waals surface area (Å²) in [5.41, 5.74) is 1.63. The van der Waals surface area contributed by atoms with E-state index in [1.165, 1.54) is 0 Å². The van der Waals surface area contributed by atoms with Crippen LogP contribution in [-0.4, -0.2) is 63.7 Å². The molecule has 8 nitrogen and oxygen atoms in total. The topological polar surface area (TPSA) is 75.9 Å². The first-order valence-electron chi connectivity index (χ1n) is 9.68. The molecule has 152 valence electrons. The molecule has 0 radical (unpaired) electrons. The van der Waals surface area contributed by atoms with Crippen LogP contribution in [0.1, 0.15) is 29.4 Å². The minimum Gasteiger partial charge on any atom is -0.496 e. The van der Waals surface area contributed by atoms with E-state index < -0.39 is 0 Å². The number of carbonyl (C=O) groups excluding carboxylic acids is 1. The normalized spacial score (nSPS) is 14.4. The van der Waals surface area contributed by atoms with Gasteiger partial charge >= 0.3 is 0 Å². The van der Waals surface area contributed by atoms with Gasteiger partial charge in [0.05, 0.1) is 12.7 Å². The Balaban J connectivity index is 1.51. The maximum Gasteiger partial charge on any atom is 0.257 e. The number of ether oxygens (including phenoxy) is 1. The van der Waals surface area contributed by atoms with Gasteiger partial charge in [0.1, 0.15) is 17.9 Å². The number of nitrogens with zero attached hydrogens (tertiary/aromatic N) is 6. The van der Waals surface area contributed by atoms with Gasteiger partial charge in [-0.15, -0.1) is 10.2 Å². The number of piperazine rings is 1. The Hall–Kier alpha value is -2.87. The summed E-state index contributed by atoms with van der Waals surface area (Å²) in [6.45, 7) is 4.72. The molecule has 0 aliphatic carbocycles. The van der Waals surface area contributed by atoms with Crippen LogP contribution >= 0.6 is 11.6 Å². The molecule has 0 atom stereocenters. The number of amides is 1. The Labute approximate surface area is 174 Å². The number of aromatic nitrogens is 4. The lowest BCUT2D eigenvalue weighted by Crippen LogP contribution is -2.49. The van der Waals surface area contributed by atoms with E-state index in [1.54, 1.807) is 31.6 Å². The molecule has 1 amide bonds. The van der Waals surface area contributed by atoms with E-state index in [0.29, 0.717) is 48.3 Å². The summed E-state index contributed by atoms with van der Waals surface area (Å²) >= 11 is 6.08. The minimum atomic E-state index is -0.0726. The molecule has 3 heterocycles. The maximum absolute atomic E-state index is 13.0. The van der Waals surface area contributed by atoms with E-state index in [4.69, 9.17) is 16.3 Å². The van der Waals surface area contributed by atoms with E-state index >= 15 is 0 Å². The van der Waals surface area contributed by atoms with Gasteiger partial charge in [-0.3, -0.25) is 9.20 Å². The van der Waals surface area contributed by atoms with Crippen LogP contribution in [0, 0.1) is 0 Å². The minimum absolute atomic E-state index is 0.0726. The van der Waals surface area contributed by atoms with Crippen LogP contribution in [0.15, 0.2) is 30.6 Å². The number of anilines is 1. The summed E-state index contributed by atoms with van der Waals surface area (Å²) in [6.07, 6.45) is 3.66. The first kappa shape index (κ1) is 19.4. The van der Waals surface area contributed by atoms with Crippen LogP contribution in [0.4, 0.5) is 5.82 Å². The SMILES string of the molecule is CCCc1cc(N2CCN(C(=O)c3cc(Cl)ccc3OC)CC2)nc2nncn12. The van der Waals surface area contributed by atoms with Gasteiger partial charge in [-0.1, -0.05) is 24.9 Å². The number of rotatable bonds is 5. The van der Waals surface area contributed by atoms with Crippen molar-refractivity contribution in [2.75, 3.05) is 38.2 Å². The van der Waals surface area contributed by atoms with Crippen molar-refractivity contribution in [1.82, 2.24) is 24.5 Å². The summed E-state index contributed by atoms with van der Waals surface area (Å²) in [7, 11) is 1.55. The fourth-order valence-corrected chi connectivity index (χ4v) is 3.80. The van der Waals surface area contributed by atoms with Gasteiger partial charge in [-0.25, -0.2) is 0 Å². The van der Waals surface area contributed by atoms with Crippen LogP contribution in [0.2, 0.25) is 5.02 Å². The summed E-state index contributed by atoms with van der Waals surface area (Å²) in [6, 6.07) is 7.19. The lowest BCUT2D eigenvalue weighted by atomic mass is 10.1. The molecule has 1 fully saturated rings. The van der Waals surface area contributed by atoms with Crippen molar-refractivity contribution in [3.8, 4) is 5.75 Å². The van der Waals surface area contributed by atoms with Crippen LogP contribution in [-0.2, 0) is 6.42 Å². The molecule has 0 N–H and O–H groups in total. The number of fused-ring (bicyclic) bond motifs is 1. The largest absolute Gasteiger partial charge is 0.496 e. The van der Waals surface area contributed by atoms with E-state index in [0.717, 1.165) is 24.4 Å². The third-order valence-electron chi connectivity index (χ3n) is 5.14. The zero-order chi connectivity index (χ0) is 20.4. The Morgan fingerprint density at radius 2 is 2.00 bits per heavy atom. The predicted octanol–water partition coefficient (Wildman–Crippen LogP) is 2.70. The second-order valence-corrected chi connectivity index (χ2v) is 7.42. The summed E-state index contributed by atoms with van der Waals surface area (Å²) < 4.78 is 7.26. The molecule has 0 unspecified atom stereocenters. The summed E-state index contributed by atoms with van der Waals surface area (Å²) in [5.74, 6) is 1.94. The average Bonchev–Trinajstić information content (AvgIpc) is 3.22. The maximum atomic E-state index is 13.0. The molecule has 1 saturated heterocycles. The number of benzene rings is 1. The molecule has 2 aromatic heterocycles. The summed E-state index contributed by atoms with van der Waals surface area (Å²) in [5, 5.41) is 8.61. The van der Waals surface area contributed by atoms with Gasteiger partial charge in [-0.05, 0) is 24.6 Å². The monoisotopic (exact) mass is 414 g/mol. The second-order valence-electron chi connectivity index (χ2n) is 6.98. The highest BCUT2D eigenvalue weighted by molar-refractivity contribution is 6.31. The van der Waals surface area contributed by atoms with E-state index in [1.807, 2.05) is 9.30 Å². The Kier molecular flexibility index (Phi) is 5.53. The molecule has 1 aliphatic heterocycles. The van der Waals surface area contributed by atoms with Crippen LogP contribution < -0.4 is 9.64 Å². The van der Waals surface area contributed by atoms with Crippen molar-refractivity contribution in [3.63, 3.8) is 0 Å². The Morgan fingerprint density at radius 1 is 1.21 bits per heavy atom. The van der Waals surface area contributed by atoms with E-state index in [9.17, 15) is 4.79 Å². The van der Waals surface area contributed by atoms with Crippen molar-refractivity contribution in [3.05, 3.63) is 46.9 Å². The quantitative estimate of drug-likeness (QED) is 0.639. The molecule has 0 bridgehead atoms. The van der Waals surface area contributed by atoms with Gasteiger partial charge in [0.15, 0.2) is 0 Å². The third-order valence-corrected chi connectivity index (χ3v) is 5.37. The van der Waals surface area contributed by atoms with Crippen molar-refractivity contribution < 1.29 is 9.53 Å². The van der Waals surface area contributed by atoms with Crippen molar-refractivity contribution in [2.45, 2.75) is 19.8 Å². The molecule has 9 heteroatoms. The smallest absolute Gasteiger partial charge is 0.257 e. The Morgan fingerprint density at radius 3 is 2.72 bits per heavy atom. The van der Waals surface area contributed by atoms with Crippen molar-refractivity contribution in [2.24, 2.45) is 0 Å². The lowest BCUT2D eigenvalue weighted by molar-refractivity contribution is 0.0743. The molecule has 0 saturated carbocycles. The molecule has 1 aliphatic rings. The van der Waals surface area contributed by atoms with Crippen LogP contribution in [0.3, 0.4) is 0 Å². The third kappa shape index (κ3) is 3.85. The Bertz CT molecular complexity index is 1030. The molecule has 4 rings (SSSR count). The number of hydrogen-bond donors (Lipinski definition) is 0. The fraction of sp³-hybridized carbons (Fsp3) is 0.400. The average molecular weight is 415 g/mol. The highest BCUT2D eigenvalue weighted by Crippen LogP contribution is 2.25. The van der Waals surface area contributed by atoms with E-state index in [-0.39, 0.29) is 5.91 Å². The second kappa shape index (κ2) is 8.24. The number of aryl methyl sites for hydroxylation is 1. The molecular weight excluding hydrogens is 392 g/mol. The lowest BCUT2D eigenvalue weighted by Gasteiger charge is -2.35. The predicted molar refractivity (Wildman–Crippen MR) is 111 cm³/mol. The van der Waals surface area contributed by atoms with Crippen LogP contribution in [0.25, 0.3) is 5.78 Å². The number of methoxy groups -OCH3 is 1. The standard InChI is InChI=1S/C20H23ClN6O2/c1-3-4-15-12-18(23-20-24-22-13-27(15)20)25-7-9-26(10-8-25)19(28)16-11-14(21)5-6-17(16)29-2/h5-6,11-13H,3-4,7-10H2,1-2H3.